The fourth-order valence-corrected chi connectivity index (χ4v) is 2.24. The lowest BCUT2D eigenvalue weighted by Crippen LogP contribution is -2.32. The number of anilines is 2. The molecule has 6 nitrogen and oxygen atoms in total. The third-order valence-corrected chi connectivity index (χ3v) is 3.55. The molecule has 0 atom stereocenters. The van der Waals surface area contributed by atoms with Crippen molar-refractivity contribution in [1.82, 2.24) is 9.97 Å². The molecule has 112 valence electrons. The van der Waals surface area contributed by atoms with Gasteiger partial charge in [0.2, 0.25) is 0 Å². The zero-order valence-electron chi connectivity index (χ0n) is 12.5. The van der Waals surface area contributed by atoms with Gasteiger partial charge in [-0.1, -0.05) is 0 Å². The number of nitrogens with one attached hydrogen (secondary N) is 1. The van der Waals surface area contributed by atoms with Gasteiger partial charge >= 0.3 is 0 Å². The van der Waals surface area contributed by atoms with Crippen molar-refractivity contribution in [3.8, 4) is 0 Å². The summed E-state index contributed by atoms with van der Waals surface area (Å²) in [6, 6.07) is 0. The first kappa shape index (κ1) is 15.0. The molecule has 6 heteroatoms. The molecule has 1 aromatic rings. The number of aliphatic hydroxyl groups excluding tert-OH is 1. The number of hydrogen-bond acceptors (Lipinski definition) is 6. The van der Waals surface area contributed by atoms with Crippen LogP contribution in [0.1, 0.15) is 30.1 Å². The van der Waals surface area contributed by atoms with Gasteiger partial charge in [-0.05, 0) is 19.8 Å². The Hall–Kier alpha value is -1.40. The Balaban J connectivity index is 2.32. The number of hydrogen-bond donors (Lipinski definition) is 2. The van der Waals surface area contributed by atoms with E-state index in [1.165, 1.54) is 12.8 Å². The van der Waals surface area contributed by atoms with Crippen LogP contribution in [0.15, 0.2) is 0 Å². The first-order valence-electron chi connectivity index (χ1n) is 7.12. The Labute approximate surface area is 120 Å². The van der Waals surface area contributed by atoms with Crippen LogP contribution in [0.3, 0.4) is 0 Å². The van der Waals surface area contributed by atoms with Crippen LogP contribution >= 0.6 is 0 Å². The second-order valence-electron chi connectivity index (χ2n) is 5.11. The molecule has 0 spiro atoms. The van der Waals surface area contributed by atoms with Gasteiger partial charge in [-0.2, -0.15) is 0 Å². The molecule has 1 aliphatic carbocycles. The number of nitrogens with zero attached hydrogens (tertiary/aromatic N) is 3. The Morgan fingerprint density at radius 2 is 2.10 bits per heavy atom. The first-order valence-corrected chi connectivity index (χ1v) is 7.12. The summed E-state index contributed by atoms with van der Waals surface area (Å²) in [5.74, 6) is 3.18. The van der Waals surface area contributed by atoms with E-state index in [2.05, 4.69) is 15.2 Å². The van der Waals surface area contributed by atoms with Gasteiger partial charge in [-0.15, -0.1) is 0 Å². The highest BCUT2D eigenvalue weighted by atomic mass is 16.5. The van der Waals surface area contributed by atoms with Crippen LogP contribution < -0.4 is 10.2 Å². The highest BCUT2D eigenvalue weighted by molar-refractivity contribution is 5.58. The monoisotopic (exact) mass is 280 g/mol. The minimum Gasteiger partial charge on any atom is -0.395 e. The highest BCUT2D eigenvalue weighted by Gasteiger charge is 2.29. The average molecular weight is 280 g/mol. The molecule has 0 unspecified atom stereocenters. The zero-order chi connectivity index (χ0) is 14.5. The molecular weight excluding hydrogens is 256 g/mol. The third-order valence-electron chi connectivity index (χ3n) is 3.55. The van der Waals surface area contributed by atoms with E-state index < -0.39 is 0 Å². The van der Waals surface area contributed by atoms with Gasteiger partial charge in [0.05, 0.1) is 13.2 Å². The molecule has 2 rings (SSSR count). The Bertz CT molecular complexity index is 449. The van der Waals surface area contributed by atoms with E-state index in [9.17, 15) is 5.11 Å². The van der Waals surface area contributed by atoms with E-state index in [0.717, 1.165) is 23.0 Å². The lowest BCUT2D eigenvalue weighted by Gasteiger charge is -2.25. The fourth-order valence-electron chi connectivity index (χ4n) is 2.24. The topological polar surface area (TPSA) is 70.5 Å². The van der Waals surface area contributed by atoms with E-state index in [1.54, 1.807) is 7.11 Å². The van der Waals surface area contributed by atoms with Gasteiger partial charge in [-0.25, -0.2) is 9.97 Å². The second-order valence-corrected chi connectivity index (χ2v) is 5.11. The number of ether oxygens (including phenoxy) is 1. The average Bonchev–Trinajstić information content (AvgIpc) is 3.28. The van der Waals surface area contributed by atoms with Crippen LogP contribution in [0.2, 0.25) is 0 Å². The first-order chi connectivity index (χ1) is 9.71. The lowest BCUT2D eigenvalue weighted by atomic mass is 10.2. The highest BCUT2D eigenvalue weighted by Crippen LogP contribution is 2.40. The van der Waals surface area contributed by atoms with E-state index in [4.69, 9.17) is 9.72 Å². The van der Waals surface area contributed by atoms with Gasteiger partial charge in [0.15, 0.2) is 0 Å². The van der Waals surface area contributed by atoms with Crippen LogP contribution in [0.5, 0.6) is 0 Å². The Morgan fingerprint density at radius 3 is 2.65 bits per heavy atom. The predicted octanol–water partition coefficient (Wildman–Crippen LogP) is 1.15. The minimum atomic E-state index is 0.0980. The number of aliphatic hydroxyl groups is 1. The normalized spacial score (nSPS) is 14.4. The van der Waals surface area contributed by atoms with Crippen molar-refractivity contribution in [3.05, 3.63) is 11.4 Å². The summed E-state index contributed by atoms with van der Waals surface area (Å²) in [5, 5.41) is 12.4. The Morgan fingerprint density at radius 1 is 1.35 bits per heavy atom. The number of aromatic nitrogens is 2. The van der Waals surface area contributed by atoms with E-state index in [1.807, 2.05) is 14.0 Å². The molecule has 1 heterocycles. The maximum absolute atomic E-state index is 9.26. The van der Waals surface area contributed by atoms with Gasteiger partial charge in [0.1, 0.15) is 17.5 Å². The molecular formula is C14H24N4O2. The standard InChI is InChI=1S/C14H24N4O2/c1-10-12(15-2)16-13(11-4-5-11)17-14(10)18(6-8-19)7-9-20-3/h11,19H,4-9H2,1-3H3,(H,15,16,17). The van der Waals surface area contributed by atoms with Gasteiger partial charge in [0.25, 0.3) is 0 Å². The molecule has 0 aromatic carbocycles. The van der Waals surface area contributed by atoms with Crippen molar-refractivity contribution in [1.29, 1.82) is 0 Å². The Kier molecular flexibility index (Phi) is 5.14. The summed E-state index contributed by atoms with van der Waals surface area (Å²) < 4.78 is 5.14. The molecule has 1 fully saturated rings. The predicted molar refractivity (Wildman–Crippen MR) is 79.5 cm³/mol. The van der Waals surface area contributed by atoms with Gasteiger partial charge < -0.3 is 20.1 Å². The van der Waals surface area contributed by atoms with Crippen molar-refractivity contribution in [3.63, 3.8) is 0 Å². The lowest BCUT2D eigenvalue weighted by molar-refractivity contribution is 0.202. The molecule has 0 radical (unpaired) electrons. The molecule has 2 N–H and O–H groups in total. The fraction of sp³-hybridized carbons (Fsp3) is 0.714. The van der Waals surface area contributed by atoms with Crippen molar-refractivity contribution in [2.75, 3.05) is 50.7 Å². The molecule has 20 heavy (non-hydrogen) atoms. The van der Waals surface area contributed by atoms with E-state index in [-0.39, 0.29) is 6.61 Å². The maximum Gasteiger partial charge on any atom is 0.137 e. The summed E-state index contributed by atoms with van der Waals surface area (Å²) in [5.41, 5.74) is 1.02. The van der Waals surface area contributed by atoms with Gasteiger partial charge in [0, 0.05) is 38.7 Å². The molecule has 1 aliphatic rings. The quantitative estimate of drug-likeness (QED) is 0.744. The van der Waals surface area contributed by atoms with Crippen LogP contribution in [-0.2, 0) is 4.74 Å². The number of rotatable bonds is 8. The minimum absolute atomic E-state index is 0.0980. The van der Waals surface area contributed by atoms with Crippen molar-refractivity contribution in [2.45, 2.75) is 25.7 Å². The summed E-state index contributed by atoms with van der Waals surface area (Å²) in [6.07, 6.45) is 2.34. The van der Waals surface area contributed by atoms with Crippen molar-refractivity contribution >= 4 is 11.6 Å². The maximum atomic E-state index is 9.26. The van der Waals surface area contributed by atoms with Crippen LogP contribution in [0.4, 0.5) is 11.6 Å². The third kappa shape index (κ3) is 3.37. The summed E-state index contributed by atoms with van der Waals surface area (Å²) in [7, 11) is 3.56. The zero-order valence-corrected chi connectivity index (χ0v) is 12.5. The van der Waals surface area contributed by atoms with Crippen LogP contribution in [-0.4, -0.2) is 55.5 Å². The smallest absolute Gasteiger partial charge is 0.137 e. The summed E-state index contributed by atoms with van der Waals surface area (Å²) >= 11 is 0. The van der Waals surface area contributed by atoms with Crippen LogP contribution in [0.25, 0.3) is 0 Å². The largest absolute Gasteiger partial charge is 0.395 e. The van der Waals surface area contributed by atoms with Crippen LogP contribution in [0, 0.1) is 6.92 Å². The molecule has 0 bridgehead atoms. The molecule has 1 aromatic heterocycles. The van der Waals surface area contributed by atoms with E-state index in [0.29, 0.717) is 25.6 Å². The molecule has 1 saturated carbocycles. The number of methoxy groups -OCH3 is 1. The molecule has 0 amide bonds. The van der Waals surface area contributed by atoms with E-state index >= 15 is 0 Å². The summed E-state index contributed by atoms with van der Waals surface area (Å²) in [6.45, 7) is 3.98. The van der Waals surface area contributed by atoms with Gasteiger partial charge in [-0.3, -0.25) is 0 Å². The second kappa shape index (κ2) is 6.85. The van der Waals surface area contributed by atoms with Crippen molar-refractivity contribution in [2.24, 2.45) is 0 Å². The summed E-state index contributed by atoms with van der Waals surface area (Å²) in [4.78, 5) is 11.4. The van der Waals surface area contributed by atoms with Crippen molar-refractivity contribution < 1.29 is 9.84 Å². The SMILES string of the molecule is CNc1nc(C2CC2)nc(N(CCO)CCOC)c1C. The molecule has 0 aliphatic heterocycles. The molecule has 0 saturated heterocycles.